The number of benzene rings is 1. The molecule has 1 aromatic carbocycles. The second-order valence-electron chi connectivity index (χ2n) is 6.66. The first-order valence-electron chi connectivity index (χ1n) is 9.16. The van der Waals surface area contributed by atoms with Gasteiger partial charge in [0.15, 0.2) is 5.52 Å². The van der Waals surface area contributed by atoms with Crippen LogP contribution in [0.4, 0.5) is 10.1 Å². The smallest absolute Gasteiger partial charge is 0.322 e. The van der Waals surface area contributed by atoms with E-state index in [9.17, 15) is 18.8 Å². The third-order valence-corrected chi connectivity index (χ3v) is 5.05. The summed E-state index contributed by atoms with van der Waals surface area (Å²) in [6.45, 7) is -0.454. The lowest BCUT2D eigenvalue weighted by atomic mass is 10.2. The average Bonchev–Trinajstić information content (AvgIpc) is 2.77. The summed E-state index contributed by atoms with van der Waals surface area (Å²) in [5, 5.41) is 2.45. The molecule has 1 amide bonds. The van der Waals surface area contributed by atoms with E-state index in [-0.39, 0.29) is 23.3 Å². The molecule has 0 unspecified atom stereocenters. The molecule has 8 nitrogen and oxygen atoms in total. The molecule has 0 saturated carbocycles. The largest absolute Gasteiger partial charge is 0.332 e. The third-order valence-electron chi connectivity index (χ3n) is 4.56. The molecule has 3 aromatic heterocycles. The number of nitrogens with zero attached hydrogens (tertiary/aromatic N) is 4. The van der Waals surface area contributed by atoms with E-state index in [0.29, 0.717) is 10.0 Å². The first kappa shape index (κ1) is 20.6. The summed E-state index contributed by atoms with van der Waals surface area (Å²) in [7, 11) is 0. The Morgan fingerprint density at radius 1 is 1.10 bits per heavy atom. The Morgan fingerprint density at radius 2 is 1.90 bits per heavy atom. The molecule has 0 saturated heterocycles. The van der Waals surface area contributed by atoms with Gasteiger partial charge in [-0.15, -0.1) is 0 Å². The molecule has 0 aliphatic carbocycles. The minimum Gasteiger partial charge on any atom is -0.322 e. The molecule has 1 N–H and O–H groups in total. The maximum Gasteiger partial charge on any atom is 0.332 e. The third kappa shape index (κ3) is 4.29. The number of nitrogens with one attached hydrogen (secondary N) is 1. The molecular formula is C21H15BrFN5O3. The van der Waals surface area contributed by atoms with Crippen LogP contribution in [0, 0.1) is 5.82 Å². The second kappa shape index (κ2) is 8.60. The molecule has 0 spiro atoms. The second-order valence-corrected chi connectivity index (χ2v) is 7.58. The first-order chi connectivity index (χ1) is 14.9. The van der Waals surface area contributed by atoms with Crippen molar-refractivity contribution in [2.75, 3.05) is 5.32 Å². The lowest BCUT2D eigenvalue weighted by Gasteiger charge is -2.14. The van der Waals surface area contributed by atoms with E-state index in [1.54, 1.807) is 36.7 Å². The van der Waals surface area contributed by atoms with Crippen LogP contribution >= 0.6 is 15.9 Å². The van der Waals surface area contributed by atoms with Crippen molar-refractivity contribution in [1.29, 1.82) is 0 Å². The van der Waals surface area contributed by atoms with E-state index in [0.717, 1.165) is 9.13 Å². The molecule has 0 radical (unpaired) electrons. The van der Waals surface area contributed by atoms with Gasteiger partial charge in [0.25, 0.3) is 5.56 Å². The van der Waals surface area contributed by atoms with E-state index in [4.69, 9.17) is 0 Å². The molecule has 10 heteroatoms. The summed E-state index contributed by atoms with van der Waals surface area (Å²) in [6, 6.07) is 10.7. The number of rotatable bonds is 5. The van der Waals surface area contributed by atoms with Gasteiger partial charge in [0.1, 0.15) is 12.4 Å². The van der Waals surface area contributed by atoms with Gasteiger partial charge in [-0.1, -0.05) is 22.0 Å². The number of hydrogen-bond donors (Lipinski definition) is 1. The lowest BCUT2D eigenvalue weighted by Crippen LogP contribution is -2.42. The van der Waals surface area contributed by atoms with E-state index in [2.05, 4.69) is 31.2 Å². The van der Waals surface area contributed by atoms with Crippen LogP contribution < -0.4 is 16.6 Å². The maximum atomic E-state index is 14.1. The summed E-state index contributed by atoms with van der Waals surface area (Å²) in [4.78, 5) is 46.7. The molecule has 0 aliphatic heterocycles. The Balaban J connectivity index is 1.75. The van der Waals surface area contributed by atoms with Gasteiger partial charge in [-0.25, -0.2) is 14.2 Å². The van der Waals surface area contributed by atoms with Crippen LogP contribution in [0.1, 0.15) is 5.56 Å². The number of aromatic nitrogens is 4. The van der Waals surface area contributed by atoms with E-state index in [1.807, 2.05) is 0 Å². The van der Waals surface area contributed by atoms with Crippen molar-refractivity contribution in [2.45, 2.75) is 13.1 Å². The fourth-order valence-electron chi connectivity index (χ4n) is 3.13. The number of hydrogen-bond acceptors (Lipinski definition) is 5. The van der Waals surface area contributed by atoms with Crippen LogP contribution in [0.3, 0.4) is 0 Å². The predicted octanol–water partition coefficient (Wildman–Crippen LogP) is 2.54. The van der Waals surface area contributed by atoms with Crippen molar-refractivity contribution in [3.63, 3.8) is 0 Å². The fourth-order valence-corrected chi connectivity index (χ4v) is 3.47. The zero-order valence-electron chi connectivity index (χ0n) is 16.0. The SMILES string of the molecule is O=C(Cn1c(=O)n(Cc2cccnc2)c(=O)c2ncccc21)Nc1ccc(Br)cc1F. The minimum absolute atomic E-state index is 0.0210. The number of fused-ring (bicyclic) bond motifs is 1. The van der Waals surface area contributed by atoms with Crippen molar-refractivity contribution in [3.05, 3.63) is 97.7 Å². The van der Waals surface area contributed by atoms with Crippen molar-refractivity contribution in [1.82, 2.24) is 19.1 Å². The van der Waals surface area contributed by atoms with Crippen LogP contribution in [0.15, 0.2) is 75.1 Å². The summed E-state index contributed by atoms with van der Waals surface area (Å²) in [5.74, 6) is -1.25. The molecule has 0 bridgehead atoms. The Morgan fingerprint density at radius 3 is 2.65 bits per heavy atom. The highest BCUT2D eigenvalue weighted by atomic mass is 79.9. The predicted molar refractivity (Wildman–Crippen MR) is 116 cm³/mol. The van der Waals surface area contributed by atoms with Crippen LogP contribution in [-0.4, -0.2) is 25.0 Å². The fraction of sp³-hybridized carbons (Fsp3) is 0.0952. The van der Waals surface area contributed by atoms with Crippen LogP contribution in [-0.2, 0) is 17.9 Å². The maximum absolute atomic E-state index is 14.1. The van der Waals surface area contributed by atoms with Gasteiger partial charge < -0.3 is 5.32 Å². The van der Waals surface area contributed by atoms with Gasteiger partial charge >= 0.3 is 5.69 Å². The summed E-state index contributed by atoms with van der Waals surface area (Å²) >= 11 is 3.15. The van der Waals surface area contributed by atoms with Gasteiger partial charge in [-0.2, -0.15) is 0 Å². The van der Waals surface area contributed by atoms with Crippen LogP contribution in [0.25, 0.3) is 11.0 Å². The molecule has 0 atom stereocenters. The van der Waals surface area contributed by atoms with Gasteiger partial charge in [0.2, 0.25) is 5.91 Å². The molecule has 3 heterocycles. The summed E-state index contributed by atoms with van der Waals surface area (Å²) < 4.78 is 16.7. The number of anilines is 1. The van der Waals surface area contributed by atoms with Crippen molar-refractivity contribution in [3.8, 4) is 0 Å². The molecule has 4 aromatic rings. The normalized spacial score (nSPS) is 10.9. The number of carbonyl (C=O) groups is 1. The Bertz CT molecular complexity index is 1400. The van der Waals surface area contributed by atoms with Gasteiger partial charge in [0, 0.05) is 23.1 Å². The highest BCUT2D eigenvalue weighted by Crippen LogP contribution is 2.19. The zero-order chi connectivity index (χ0) is 22.0. The van der Waals surface area contributed by atoms with Gasteiger partial charge in [-0.3, -0.25) is 23.7 Å². The first-order valence-corrected chi connectivity index (χ1v) is 9.95. The monoisotopic (exact) mass is 483 g/mol. The molecule has 31 heavy (non-hydrogen) atoms. The quantitative estimate of drug-likeness (QED) is 0.470. The molecule has 0 fully saturated rings. The van der Waals surface area contributed by atoms with Crippen molar-refractivity contribution >= 4 is 38.6 Å². The van der Waals surface area contributed by atoms with Crippen molar-refractivity contribution < 1.29 is 9.18 Å². The Hall–Kier alpha value is -3.66. The van der Waals surface area contributed by atoms with E-state index in [1.165, 1.54) is 24.4 Å². The summed E-state index contributed by atoms with van der Waals surface area (Å²) in [5.41, 5.74) is -0.363. The minimum atomic E-state index is -0.680. The van der Waals surface area contributed by atoms with E-state index >= 15 is 0 Å². The lowest BCUT2D eigenvalue weighted by molar-refractivity contribution is -0.116. The zero-order valence-corrected chi connectivity index (χ0v) is 17.5. The molecule has 156 valence electrons. The van der Waals surface area contributed by atoms with Crippen LogP contribution in [0.5, 0.6) is 0 Å². The molecule has 4 rings (SSSR count). The number of amides is 1. The van der Waals surface area contributed by atoms with E-state index < -0.39 is 29.5 Å². The van der Waals surface area contributed by atoms with Gasteiger partial charge in [-0.05, 0) is 42.0 Å². The summed E-state index contributed by atoms with van der Waals surface area (Å²) in [6.07, 6.45) is 4.56. The van der Waals surface area contributed by atoms with Crippen LogP contribution in [0.2, 0.25) is 0 Å². The Labute approximate surface area is 183 Å². The molecular weight excluding hydrogens is 469 g/mol. The highest BCUT2D eigenvalue weighted by Gasteiger charge is 2.17. The Kier molecular flexibility index (Phi) is 5.72. The van der Waals surface area contributed by atoms with Gasteiger partial charge in [0.05, 0.1) is 17.7 Å². The number of carbonyl (C=O) groups excluding carboxylic acids is 1. The van der Waals surface area contributed by atoms with Crippen molar-refractivity contribution in [2.24, 2.45) is 0 Å². The highest BCUT2D eigenvalue weighted by molar-refractivity contribution is 9.10. The standard InChI is InChI=1S/C21H15BrFN5O3/c22-14-5-6-16(15(23)9-14)26-18(29)12-27-17-4-2-8-25-19(17)20(30)28(21(27)31)11-13-3-1-7-24-10-13/h1-10H,11-12H2,(H,26,29). The number of pyridine rings is 2. The number of halogens is 2. The topological polar surface area (TPSA) is 98.9 Å². The average molecular weight is 484 g/mol. The molecule has 0 aliphatic rings.